The van der Waals surface area contributed by atoms with Gasteiger partial charge in [-0.3, -0.25) is 0 Å². The van der Waals surface area contributed by atoms with Crippen LogP contribution in [0, 0.1) is 0 Å². The molecule has 1 rings (SSSR count). The lowest BCUT2D eigenvalue weighted by molar-refractivity contribution is 0.186. The molecule has 0 aliphatic carbocycles. The average Bonchev–Trinajstić information content (AvgIpc) is 2.59. The molecule has 0 fully saturated rings. The zero-order valence-electron chi connectivity index (χ0n) is 8.29. The highest BCUT2D eigenvalue weighted by atomic mass is 16.5. The Morgan fingerprint density at radius 3 is 3.15 bits per heavy atom. The molecule has 0 aromatic carbocycles. The Labute approximate surface area is 78.9 Å². The van der Waals surface area contributed by atoms with Crippen LogP contribution in [0.4, 0.5) is 0 Å². The maximum absolute atomic E-state index is 5.01. The van der Waals surface area contributed by atoms with Gasteiger partial charge in [0, 0.05) is 26.4 Å². The largest absolute Gasteiger partial charge is 0.383 e. The molecule has 1 N–H and O–H groups in total. The molecule has 0 bridgehead atoms. The first-order valence-corrected chi connectivity index (χ1v) is 4.57. The van der Waals surface area contributed by atoms with Crippen molar-refractivity contribution in [2.24, 2.45) is 0 Å². The predicted octanol–water partition coefficient (Wildman–Crippen LogP) is 0.639. The molecule has 1 aromatic rings. The fraction of sp³-hybridized carbons (Fsp3) is 0.667. The second-order valence-electron chi connectivity index (χ2n) is 2.85. The van der Waals surface area contributed by atoms with E-state index in [1.165, 1.54) is 5.69 Å². The highest BCUT2D eigenvalue weighted by molar-refractivity contribution is 4.97. The van der Waals surface area contributed by atoms with Crippen LogP contribution in [0.2, 0.25) is 0 Å². The van der Waals surface area contributed by atoms with Crippen molar-refractivity contribution >= 4 is 0 Å². The first kappa shape index (κ1) is 10.2. The molecule has 1 heterocycles. The van der Waals surface area contributed by atoms with Crippen LogP contribution in [0.5, 0.6) is 0 Å². The van der Waals surface area contributed by atoms with Gasteiger partial charge in [0.2, 0.25) is 0 Å². The normalized spacial score (nSPS) is 10.6. The van der Waals surface area contributed by atoms with E-state index < -0.39 is 0 Å². The molecule has 0 amide bonds. The summed E-state index contributed by atoms with van der Waals surface area (Å²) in [5.41, 5.74) is 1.21. The fourth-order valence-electron chi connectivity index (χ4n) is 1.14. The molecule has 0 saturated heterocycles. The molecule has 1 aromatic heterocycles. The third kappa shape index (κ3) is 3.16. The van der Waals surface area contributed by atoms with Crippen molar-refractivity contribution in [1.82, 2.24) is 14.9 Å². The van der Waals surface area contributed by atoms with Crippen LogP contribution in [-0.2, 0) is 17.8 Å². The van der Waals surface area contributed by atoms with E-state index >= 15 is 0 Å². The third-order valence-corrected chi connectivity index (χ3v) is 1.89. The van der Waals surface area contributed by atoms with Crippen molar-refractivity contribution in [2.75, 3.05) is 20.3 Å². The standard InChI is InChI=1S/C9H17N3O/c1-3-10-6-9-7-11-8-12(9)4-5-13-2/h7-8,10H,3-6H2,1-2H3. The van der Waals surface area contributed by atoms with Crippen molar-refractivity contribution in [2.45, 2.75) is 20.0 Å². The Hall–Kier alpha value is -0.870. The van der Waals surface area contributed by atoms with E-state index in [9.17, 15) is 0 Å². The molecule has 0 saturated carbocycles. The summed E-state index contributed by atoms with van der Waals surface area (Å²) in [5, 5.41) is 3.27. The molecule has 4 nitrogen and oxygen atoms in total. The van der Waals surface area contributed by atoms with E-state index in [1.54, 1.807) is 7.11 Å². The number of rotatable bonds is 6. The van der Waals surface area contributed by atoms with E-state index in [0.29, 0.717) is 0 Å². The Bertz CT molecular complexity index is 212. The molecule has 74 valence electrons. The summed E-state index contributed by atoms with van der Waals surface area (Å²) in [6.45, 7) is 5.55. The monoisotopic (exact) mass is 183 g/mol. The van der Waals surface area contributed by atoms with Crippen LogP contribution < -0.4 is 5.32 Å². The number of hydrogen-bond donors (Lipinski definition) is 1. The molecular formula is C9H17N3O. The molecule has 4 heteroatoms. The fourth-order valence-corrected chi connectivity index (χ4v) is 1.14. The number of aromatic nitrogens is 2. The van der Waals surface area contributed by atoms with Gasteiger partial charge in [-0.05, 0) is 6.54 Å². The van der Waals surface area contributed by atoms with Crippen molar-refractivity contribution in [3.63, 3.8) is 0 Å². The van der Waals surface area contributed by atoms with E-state index in [2.05, 4.69) is 21.8 Å². The molecule has 0 atom stereocenters. The van der Waals surface area contributed by atoms with E-state index in [4.69, 9.17) is 4.74 Å². The maximum atomic E-state index is 5.01. The summed E-state index contributed by atoms with van der Waals surface area (Å²) in [6.07, 6.45) is 3.73. The lowest BCUT2D eigenvalue weighted by atomic mass is 10.4. The van der Waals surface area contributed by atoms with Crippen molar-refractivity contribution in [3.8, 4) is 0 Å². The van der Waals surface area contributed by atoms with E-state index in [1.807, 2.05) is 12.5 Å². The number of nitrogens with zero attached hydrogens (tertiary/aromatic N) is 2. The Morgan fingerprint density at radius 1 is 1.62 bits per heavy atom. The van der Waals surface area contributed by atoms with Gasteiger partial charge in [-0.1, -0.05) is 6.92 Å². The van der Waals surface area contributed by atoms with Gasteiger partial charge in [0.25, 0.3) is 0 Å². The first-order chi connectivity index (χ1) is 6.38. The second-order valence-corrected chi connectivity index (χ2v) is 2.85. The maximum Gasteiger partial charge on any atom is 0.0949 e. The number of ether oxygens (including phenoxy) is 1. The molecule has 13 heavy (non-hydrogen) atoms. The van der Waals surface area contributed by atoms with Crippen molar-refractivity contribution in [3.05, 3.63) is 18.2 Å². The van der Waals surface area contributed by atoms with Crippen LogP contribution in [0.1, 0.15) is 12.6 Å². The van der Waals surface area contributed by atoms with Gasteiger partial charge < -0.3 is 14.6 Å². The van der Waals surface area contributed by atoms with Crippen molar-refractivity contribution < 1.29 is 4.74 Å². The average molecular weight is 183 g/mol. The first-order valence-electron chi connectivity index (χ1n) is 4.57. The van der Waals surface area contributed by atoms with Gasteiger partial charge in [-0.2, -0.15) is 0 Å². The smallest absolute Gasteiger partial charge is 0.0949 e. The molecular weight excluding hydrogens is 166 g/mol. The summed E-state index contributed by atoms with van der Waals surface area (Å²) in [5.74, 6) is 0. The number of hydrogen-bond acceptors (Lipinski definition) is 3. The Morgan fingerprint density at radius 2 is 2.46 bits per heavy atom. The van der Waals surface area contributed by atoms with Gasteiger partial charge in [0.1, 0.15) is 0 Å². The van der Waals surface area contributed by atoms with Crippen LogP contribution in [0.3, 0.4) is 0 Å². The molecule has 0 aliphatic rings. The number of imidazole rings is 1. The van der Waals surface area contributed by atoms with Gasteiger partial charge >= 0.3 is 0 Å². The van der Waals surface area contributed by atoms with Crippen LogP contribution in [0.15, 0.2) is 12.5 Å². The van der Waals surface area contributed by atoms with Crippen LogP contribution >= 0.6 is 0 Å². The predicted molar refractivity (Wildman–Crippen MR) is 51.5 cm³/mol. The topological polar surface area (TPSA) is 39.1 Å². The van der Waals surface area contributed by atoms with Gasteiger partial charge in [0.05, 0.1) is 18.6 Å². The minimum Gasteiger partial charge on any atom is -0.383 e. The van der Waals surface area contributed by atoms with Crippen LogP contribution in [-0.4, -0.2) is 29.8 Å². The van der Waals surface area contributed by atoms with E-state index in [0.717, 1.165) is 26.2 Å². The summed E-state index contributed by atoms with van der Waals surface area (Å²) in [7, 11) is 1.71. The number of methoxy groups -OCH3 is 1. The lowest BCUT2D eigenvalue weighted by Crippen LogP contribution is -2.16. The molecule has 0 radical (unpaired) electrons. The zero-order valence-corrected chi connectivity index (χ0v) is 8.29. The molecule has 0 spiro atoms. The minimum absolute atomic E-state index is 0.732. The SMILES string of the molecule is CCNCc1cncn1CCOC. The quantitative estimate of drug-likeness (QED) is 0.703. The summed E-state index contributed by atoms with van der Waals surface area (Å²) in [4.78, 5) is 4.10. The summed E-state index contributed by atoms with van der Waals surface area (Å²) >= 11 is 0. The van der Waals surface area contributed by atoms with E-state index in [-0.39, 0.29) is 0 Å². The van der Waals surface area contributed by atoms with Crippen LogP contribution in [0.25, 0.3) is 0 Å². The number of nitrogens with one attached hydrogen (secondary N) is 1. The third-order valence-electron chi connectivity index (χ3n) is 1.89. The Balaban J connectivity index is 2.45. The lowest BCUT2D eigenvalue weighted by Gasteiger charge is -2.07. The molecule has 0 unspecified atom stereocenters. The second kappa shape index (κ2) is 5.72. The molecule has 0 aliphatic heterocycles. The van der Waals surface area contributed by atoms with Gasteiger partial charge in [-0.25, -0.2) is 4.98 Å². The van der Waals surface area contributed by atoms with Gasteiger partial charge in [-0.15, -0.1) is 0 Å². The van der Waals surface area contributed by atoms with Crippen molar-refractivity contribution in [1.29, 1.82) is 0 Å². The zero-order chi connectivity index (χ0) is 9.52. The summed E-state index contributed by atoms with van der Waals surface area (Å²) < 4.78 is 7.11. The van der Waals surface area contributed by atoms with Gasteiger partial charge in [0.15, 0.2) is 0 Å². The highest BCUT2D eigenvalue weighted by Gasteiger charge is 1.99. The highest BCUT2D eigenvalue weighted by Crippen LogP contribution is 1.98. The minimum atomic E-state index is 0.732. The summed E-state index contributed by atoms with van der Waals surface area (Å²) in [6, 6.07) is 0. The Kier molecular flexibility index (Phi) is 4.49.